The highest BCUT2D eigenvalue weighted by Gasteiger charge is 2.17. The first kappa shape index (κ1) is 14.1. The molecule has 2 heteroatoms. The lowest BCUT2D eigenvalue weighted by atomic mass is 9.96. The van der Waals surface area contributed by atoms with Crippen LogP contribution in [0.4, 0.5) is 0 Å². The van der Waals surface area contributed by atoms with Crippen LogP contribution < -0.4 is 5.32 Å². The molecule has 0 bridgehead atoms. The van der Waals surface area contributed by atoms with Gasteiger partial charge in [-0.3, -0.25) is 0 Å². The van der Waals surface area contributed by atoms with Gasteiger partial charge in [-0.25, -0.2) is 0 Å². The van der Waals surface area contributed by atoms with Crippen molar-refractivity contribution in [3.8, 4) is 0 Å². The molecule has 1 N–H and O–H groups in total. The molecule has 0 fully saturated rings. The van der Waals surface area contributed by atoms with Crippen LogP contribution in [-0.4, -0.2) is 6.54 Å². The molecule has 0 atom stereocenters. The average Bonchev–Trinajstić information content (AvgIpc) is 2.71. The van der Waals surface area contributed by atoms with Crippen molar-refractivity contribution in [2.24, 2.45) is 5.92 Å². The summed E-state index contributed by atoms with van der Waals surface area (Å²) in [6, 6.07) is 4.35. The van der Waals surface area contributed by atoms with E-state index in [-0.39, 0.29) is 0 Å². The fourth-order valence-corrected chi connectivity index (χ4v) is 2.62. The maximum Gasteiger partial charge on any atom is 0.137 e. The van der Waals surface area contributed by atoms with Crippen LogP contribution >= 0.6 is 0 Å². The predicted octanol–water partition coefficient (Wildman–Crippen LogP) is 4.36. The number of nitrogens with one attached hydrogen (secondary N) is 1. The molecule has 2 aromatic rings. The molecular formula is C17H25NO. The zero-order valence-electron chi connectivity index (χ0n) is 12.8. The van der Waals surface area contributed by atoms with Crippen molar-refractivity contribution in [3.63, 3.8) is 0 Å². The predicted molar refractivity (Wildman–Crippen MR) is 81.6 cm³/mol. The van der Waals surface area contributed by atoms with E-state index in [0.29, 0.717) is 5.92 Å². The van der Waals surface area contributed by atoms with Gasteiger partial charge >= 0.3 is 0 Å². The Morgan fingerprint density at radius 2 is 1.84 bits per heavy atom. The van der Waals surface area contributed by atoms with Crippen LogP contribution in [0.15, 0.2) is 16.5 Å². The van der Waals surface area contributed by atoms with E-state index in [2.05, 4.69) is 52.1 Å². The van der Waals surface area contributed by atoms with E-state index in [4.69, 9.17) is 4.42 Å². The summed E-state index contributed by atoms with van der Waals surface area (Å²) < 4.78 is 6.15. The molecular weight excluding hydrogens is 234 g/mol. The van der Waals surface area contributed by atoms with Crippen LogP contribution in [0.2, 0.25) is 0 Å². The highest BCUT2D eigenvalue weighted by atomic mass is 16.3. The highest BCUT2D eigenvalue weighted by molar-refractivity contribution is 5.88. The van der Waals surface area contributed by atoms with Gasteiger partial charge in [0.25, 0.3) is 0 Å². The molecule has 0 saturated heterocycles. The zero-order valence-corrected chi connectivity index (χ0v) is 12.8. The van der Waals surface area contributed by atoms with E-state index in [1.54, 1.807) is 0 Å². The van der Waals surface area contributed by atoms with Gasteiger partial charge < -0.3 is 9.73 Å². The number of fused-ring (bicyclic) bond motifs is 1. The summed E-state index contributed by atoms with van der Waals surface area (Å²) in [5.41, 5.74) is 5.02. The number of hydrogen-bond donors (Lipinski definition) is 1. The maximum atomic E-state index is 6.15. The van der Waals surface area contributed by atoms with Crippen molar-refractivity contribution in [2.75, 3.05) is 6.54 Å². The van der Waals surface area contributed by atoms with Crippen molar-refractivity contribution >= 4 is 11.0 Å². The number of hydrogen-bond acceptors (Lipinski definition) is 2. The van der Waals surface area contributed by atoms with E-state index in [1.807, 2.05) is 0 Å². The lowest BCUT2D eigenvalue weighted by molar-refractivity contribution is 0.505. The van der Waals surface area contributed by atoms with Gasteiger partial charge in [0, 0.05) is 10.9 Å². The van der Waals surface area contributed by atoms with Gasteiger partial charge in [0.15, 0.2) is 0 Å². The fourth-order valence-electron chi connectivity index (χ4n) is 2.62. The summed E-state index contributed by atoms with van der Waals surface area (Å²) in [5.74, 6) is 1.75. The van der Waals surface area contributed by atoms with Gasteiger partial charge in [-0.1, -0.05) is 32.9 Å². The van der Waals surface area contributed by atoms with Crippen LogP contribution in [0.1, 0.15) is 43.2 Å². The fraction of sp³-hybridized carbons (Fsp3) is 0.529. The van der Waals surface area contributed by atoms with Crippen LogP contribution in [0.3, 0.4) is 0 Å². The molecule has 0 saturated carbocycles. The molecule has 0 radical (unpaired) electrons. The zero-order chi connectivity index (χ0) is 14.0. The molecule has 0 unspecified atom stereocenters. The summed E-state index contributed by atoms with van der Waals surface area (Å²) in [4.78, 5) is 0. The standard InChI is InChI=1S/C17H25NO/c1-6-18-10-15-14(9-11(2)3)16-12(4)7-8-13(5)17(16)19-15/h7-8,11,18H,6,9-10H2,1-5H3. The molecule has 1 aromatic heterocycles. The van der Waals surface area contributed by atoms with E-state index in [0.717, 1.165) is 30.9 Å². The van der Waals surface area contributed by atoms with Crippen molar-refractivity contribution in [1.29, 1.82) is 0 Å². The normalized spacial score (nSPS) is 11.7. The molecule has 104 valence electrons. The Morgan fingerprint density at radius 3 is 2.47 bits per heavy atom. The second-order valence-electron chi connectivity index (χ2n) is 5.79. The van der Waals surface area contributed by atoms with E-state index < -0.39 is 0 Å². The van der Waals surface area contributed by atoms with Crippen LogP contribution in [0.5, 0.6) is 0 Å². The first-order valence-electron chi connectivity index (χ1n) is 7.25. The molecule has 0 spiro atoms. The molecule has 19 heavy (non-hydrogen) atoms. The first-order valence-corrected chi connectivity index (χ1v) is 7.25. The van der Waals surface area contributed by atoms with Gasteiger partial charge in [-0.15, -0.1) is 0 Å². The van der Waals surface area contributed by atoms with Gasteiger partial charge in [-0.2, -0.15) is 0 Å². The summed E-state index contributed by atoms with van der Waals surface area (Å²) >= 11 is 0. The number of rotatable bonds is 5. The minimum absolute atomic E-state index is 0.640. The molecule has 2 rings (SSSR count). The summed E-state index contributed by atoms with van der Waals surface area (Å²) in [7, 11) is 0. The third-order valence-corrected chi connectivity index (χ3v) is 3.57. The quantitative estimate of drug-likeness (QED) is 0.863. The Balaban J connectivity index is 2.59. The number of aryl methyl sites for hydroxylation is 2. The Kier molecular flexibility index (Phi) is 4.31. The van der Waals surface area contributed by atoms with Crippen LogP contribution in [0.25, 0.3) is 11.0 Å². The van der Waals surface area contributed by atoms with Gasteiger partial charge in [-0.05, 0) is 43.9 Å². The molecule has 2 nitrogen and oxygen atoms in total. The molecule has 0 aliphatic heterocycles. The van der Waals surface area contributed by atoms with Crippen molar-refractivity contribution < 1.29 is 4.42 Å². The summed E-state index contributed by atoms with van der Waals surface area (Å²) in [5, 5.41) is 4.72. The molecule has 0 amide bonds. The minimum atomic E-state index is 0.640. The van der Waals surface area contributed by atoms with Crippen molar-refractivity contribution in [2.45, 2.75) is 47.6 Å². The van der Waals surface area contributed by atoms with E-state index in [1.165, 1.54) is 22.1 Å². The largest absolute Gasteiger partial charge is 0.459 e. The Labute approximate surface area is 116 Å². The van der Waals surface area contributed by atoms with Crippen molar-refractivity contribution in [1.82, 2.24) is 5.32 Å². The van der Waals surface area contributed by atoms with Gasteiger partial charge in [0.05, 0.1) is 6.54 Å². The topological polar surface area (TPSA) is 25.2 Å². The number of benzene rings is 1. The second kappa shape index (κ2) is 5.79. The SMILES string of the molecule is CCNCc1oc2c(C)ccc(C)c2c1CC(C)C. The average molecular weight is 259 g/mol. The van der Waals surface area contributed by atoms with E-state index in [9.17, 15) is 0 Å². The maximum absolute atomic E-state index is 6.15. The van der Waals surface area contributed by atoms with E-state index >= 15 is 0 Å². The molecule has 0 aliphatic carbocycles. The second-order valence-corrected chi connectivity index (χ2v) is 5.79. The third kappa shape index (κ3) is 2.84. The Bertz CT molecular complexity index is 566. The Morgan fingerprint density at radius 1 is 1.16 bits per heavy atom. The summed E-state index contributed by atoms with van der Waals surface area (Å²) in [6.07, 6.45) is 1.08. The monoisotopic (exact) mass is 259 g/mol. The molecule has 1 aromatic carbocycles. The smallest absolute Gasteiger partial charge is 0.137 e. The van der Waals surface area contributed by atoms with Crippen LogP contribution in [-0.2, 0) is 13.0 Å². The van der Waals surface area contributed by atoms with Gasteiger partial charge in [0.2, 0.25) is 0 Å². The first-order chi connectivity index (χ1) is 9.04. The number of furan rings is 1. The highest BCUT2D eigenvalue weighted by Crippen LogP contribution is 2.32. The molecule has 1 heterocycles. The lowest BCUT2D eigenvalue weighted by Gasteiger charge is -2.07. The molecule has 0 aliphatic rings. The third-order valence-electron chi connectivity index (χ3n) is 3.57. The lowest BCUT2D eigenvalue weighted by Crippen LogP contribution is -2.12. The van der Waals surface area contributed by atoms with Gasteiger partial charge in [0.1, 0.15) is 11.3 Å². The van der Waals surface area contributed by atoms with Crippen molar-refractivity contribution in [3.05, 3.63) is 34.6 Å². The minimum Gasteiger partial charge on any atom is -0.459 e. The van der Waals surface area contributed by atoms with Crippen LogP contribution in [0, 0.1) is 19.8 Å². The summed E-state index contributed by atoms with van der Waals surface area (Å²) in [6.45, 7) is 12.8. The Hall–Kier alpha value is -1.28.